The van der Waals surface area contributed by atoms with Gasteiger partial charge in [-0.05, 0) is 6.92 Å². The van der Waals surface area contributed by atoms with E-state index in [1.165, 1.54) is 16.0 Å². The van der Waals surface area contributed by atoms with Crippen molar-refractivity contribution in [2.75, 3.05) is 12.4 Å². The Balaban J connectivity index is 0.00000169. The van der Waals surface area contributed by atoms with E-state index < -0.39 is 0 Å². The van der Waals surface area contributed by atoms with Crippen LogP contribution >= 0.6 is 23.7 Å². The first-order chi connectivity index (χ1) is 6.15. The minimum absolute atomic E-state index is 0. The van der Waals surface area contributed by atoms with Gasteiger partial charge < -0.3 is 10.6 Å². The van der Waals surface area contributed by atoms with Gasteiger partial charge in [-0.1, -0.05) is 0 Å². The maximum Gasteiger partial charge on any atom is 0.311 e. The van der Waals surface area contributed by atoms with E-state index in [9.17, 15) is 4.79 Å². The zero-order chi connectivity index (χ0) is 9.84. The van der Waals surface area contributed by atoms with Gasteiger partial charge in [0, 0.05) is 5.38 Å². The number of aromatic nitrogens is 1. The maximum atomic E-state index is 11.0. The minimum atomic E-state index is -0.320. The number of esters is 1. The fourth-order valence-electron chi connectivity index (χ4n) is 0.855. The summed E-state index contributed by atoms with van der Waals surface area (Å²) in [7, 11) is 0. The highest BCUT2D eigenvalue weighted by Gasteiger charge is 2.08. The Hall–Kier alpha value is -1.01. The minimum Gasteiger partial charge on any atom is -0.466 e. The largest absolute Gasteiger partial charge is 0.466 e. The number of halogens is 1. The number of hydrogen-bond donors (Lipinski definition) is 2. The molecule has 14 heavy (non-hydrogen) atoms. The Morgan fingerprint density at radius 1 is 1.79 bits per heavy atom. The van der Waals surface area contributed by atoms with E-state index >= 15 is 0 Å². The molecule has 1 heterocycles. The molecule has 3 N–H and O–H groups in total. The summed E-state index contributed by atoms with van der Waals surface area (Å²) in [5.74, 6) is 5.16. The molecule has 0 atom stereocenters. The molecule has 5 nitrogen and oxygen atoms in total. The lowest BCUT2D eigenvalue weighted by atomic mass is 10.3. The average molecular weight is 238 g/mol. The van der Waals surface area contributed by atoms with Crippen molar-refractivity contribution in [2.45, 2.75) is 13.3 Å². The number of rotatable bonds is 3. The zero-order valence-corrected chi connectivity index (χ0v) is 9.28. The molecule has 0 saturated carbocycles. The number of hydrogen-bond acceptors (Lipinski definition) is 5. The third-order valence-electron chi connectivity index (χ3n) is 1.47. The van der Waals surface area contributed by atoms with Gasteiger partial charge in [0.1, 0.15) is 0 Å². The number of ether oxygens (including phenoxy) is 1. The standard InChI is InChI=1S/C7H11N3O2S.ClH/c1-2-12-6(11)3-5-4-13-7(8)10(5)9;/h4,8H,2-3,9H2,1H3;1H. The van der Waals surface area contributed by atoms with Crippen LogP contribution in [0.5, 0.6) is 0 Å². The summed E-state index contributed by atoms with van der Waals surface area (Å²) in [4.78, 5) is 11.2. The van der Waals surface area contributed by atoms with Crippen LogP contribution in [0.15, 0.2) is 5.38 Å². The van der Waals surface area contributed by atoms with E-state index in [-0.39, 0.29) is 29.6 Å². The van der Waals surface area contributed by atoms with Gasteiger partial charge in [-0.25, -0.2) is 4.68 Å². The van der Waals surface area contributed by atoms with Crippen LogP contribution in [-0.2, 0) is 16.0 Å². The van der Waals surface area contributed by atoms with Gasteiger partial charge in [0.05, 0.1) is 18.7 Å². The molecule has 0 saturated heterocycles. The van der Waals surface area contributed by atoms with Crippen LogP contribution in [0.25, 0.3) is 0 Å². The Morgan fingerprint density at radius 2 is 2.43 bits per heavy atom. The number of carbonyl (C=O) groups is 1. The Bertz CT molecular complexity index is 360. The fourth-order valence-corrected chi connectivity index (χ4v) is 1.53. The number of thiazole rings is 1. The molecule has 0 aliphatic rings. The molecule has 0 unspecified atom stereocenters. The first-order valence-corrected chi connectivity index (χ1v) is 4.67. The number of carbonyl (C=O) groups excluding carboxylic acids is 1. The van der Waals surface area contributed by atoms with Crippen molar-refractivity contribution in [3.63, 3.8) is 0 Å². The van der Waals surface area contributed by atoms with Crippen molar-refractivity contribution in [2.24, 2.45) is 0 Å². The SMILES string of the molecule is CCOC(=O)Cc1csc(=N)n1N.Cl. The zero-order valence-electron chi connectivity index (χ0n) is 7.65. The summed E-state index contributed by atoms with van der Waals surface area (Å²) in [5, 5.41) is 8.97. The summed E-state index contributed by atoms with van der Waals surface area (Å²) in [6.45, 7) is 2.11. The highest BCUT2D eigenvalue weighted by Crippen LogP contribution is 2.00. The summed E-state index contributed by atoms with van der Waals surface area (Å²) in [6.07, 6.45) is 0.125. The fraction of sp³-hybridized carbons (Fsp3) is 0.429. The molecule has 0 aliphatic heterocycles. The van der Waals surface area contributed by atoms with E-state index in [4.69, 9.17) is 16.0 Å². The monoisotopic (exact) mass is 237 g/mol. The lowest BCUT2D eigenvalue weighted by Gasteiger charge is -2.01. The predicted octanol–water partition coefficient (Wildman–Crippen LogP) is 0.270. The molecular formula is C7H12ClN3O2S. The van der Waals surface area contributed by atoms with Crippen molar-refractivity contribution in [3.05, 3.63) is 15.9 Å². The van der Waals surface area contributed by atoms with Crippen LogP contribution in [0, 0.1) is 5.41 Å². The molecule has 0 bridgehead atoms. The summed E-state index contributed by atoms with van der Waals surface area (Å²) < 4.78 is 5.93. The van der Waals surface area contributed by atoms with Gasteiger partial charge in [0.2, 0.25) is 4.80 Å². The van der Waals surface area contributed by atoms with Crippen LogP contribution in [0.3, 0.4) is 0 Å². The summed E-state index contributed by atoms with van der Waals surface area (Å²) in [5.41, 5.74) is 0.605. The van der Waals surface area contributed by atoms with Crippen LogP contribution in [0.1, 0.15) is 12.6 Å². The second-order valence-corrected chi connectivity index (χ2v) is 3.24. The van der Waals surface area contributed by atoms with Gasteiger partial charge in [-0.15, -0.1) is 23.7 Å². The molecule has 0 aliphatic carbocycles. The Kier molecular flexibility index (Phi) is 5.26. The van der Waals surface area contributed by atoms with Crippen LogP contribution in [0.2, 0.25) is 0 Å². The van der Waals surface area contributed by atoms with Crippen molar-refractivity contribution in [1.82, 2.24) is 4.68 Å². The topological polar surface area (TPSA) is 81.1 Å². The third-order valence-corrected chi connectivity index (χ3v) is 2.28. The van der Waals surface area contributed by atoms with Crippen molar-refractivity contribution >= 4 is 29.7 Å². The van der Waals surface area contributed by atoms with Gasteiger partial charge in [-0.2, -0.15) is 0 Å². The first-order valence-electron chi connectivity index (χ1n) is 3.80. The molecule has 1 aromatic rings. The normalized spacial score (nSPS) is 9.21. The van der Waals surface area contributed by atoms with E-state index in [2.05, 4.69) is 0 Å². The van der Waals surface area contributed by atoms with Crippen molar-refractivity contribution in [3.8, 4) is 0 Å². The highest BCUT2D eigenvalue weighted by atomic mass is 35.5. The van der Waals surface area contributed by atoms with E-state index in [1.54, 1.807) is 12.3 Å². The number of nitrogens with two attached hydrogens (primary N) is 1. The van der Waals surface area contributed by atoms with E-state index in [0.717, 1.165) is 0 Å². The highest BCUT2D eigenvalue weighted by molar-refractivity contribution is 7.07. The van der Waals surface area contributed by atoms with E-state index in [0.29, 0.717) is 12.3 Å². The summed E-state index contributed by atoms with van der Waals surface area (Å²) in [6, 6.07) is 0. The van der Waals surface area contributed by atoms with Gasteiger partial charge >= 0.3 is 5.97 Å². The number of nitrogen functional groups attached to an aromatic ring is 1. The van der Waals surface area contributed by atoms with Gasteiger partial charge in [0.25, 0.3) is 0 Å². The predicted molar refractivity (Wildman–Crippen MR) is 55.9 cm³/mol. The van der Waals surface area contributed by atoms with Crippen LogP contribution in [0.4, 0.5) is 0 Å². The van der Waals surface area contributed by atoms with Gasteiger partial charge in [-0.3, -0.25) is 10.2 Å². The molecule has 80 valence electrons. The molecule has 0 radical (unpaired) electrons. The average Bonchev–Trinajstić information content (AvgIpc) is 2.37. The smallest absolute Gasteiger partial charge is 0.311 e. The summed E-state index contributed by atoms with van der Waals surface area (Å²) >= 11 is 1.19. The second kappa shape index (κ2) is 5.66. The Labute approximate surface area is 91.4 Å². The van der Waals surface area contributed by atoms with Crippen molar-refractivity contribution < 1.29 is 9.53 Å². The first kappa shape index (κ1) is 13.0. The number of nitrogens with zero attached hydrogens (tertiary/aromatic N) is 1. The maximum absolute atomic E-state index is 11.0. The Morgan fingerprint density at radius 3 is 2.86 bits per heavy atom. The molecule has 0 aromatic carbocycles. The number of nitrogens with one attached hydrogen (secondary N) is 1. The van der Waals surface area contributed by atoms with Crippen LogP contribution in [-0.4, -0.2) is 17.3 Å². The molecule has 0 spiro atoms. The molecule has 7 heteroatoms. The molecule has 0 amide bonds. The molecule has 1 aromatic heterocycles. The molecule has 0 fully saturated rings. The quantitative estimate of drug-likeness (QED) is 0.585. The lowest BCUT2D eigenvalue weighted by molar-refractivity contribution is -0.142. The van der Waals surface area contributed by atoms with Crippen molar-refractivity contribution in [1.29, 1.82) is 5.41 Å². The molecule has 1 rings (SSSR count). The third kappa shape index (κ3) is 3.04. The van der Waals surface area contributed by atoms with E-state index in [1.807, 2.05) is 0 Å². The van der Waals surface area contributed by atoms with Crippen LogP contribution < -0.4 is 10.6 Å². The lowest BCUT2D eigenvalue weighted by Crippen LogP contribution is -2.25. The van der Waals surface area contributed by atoms with Gasteiger partial charge in [0.15, 0.2) is 0 Å². The second-order valence-electron chi connectivity index (χ2n) is 2.38. The molecular weight excluding hydrogens is 226 g/mol.